The van der Waals surface area contributed by atoms with E-state index >= 15 is 0 Å². The molecule has 3 nitrogen and oxygen atoms in total. The molecule has 0 aliphatic heterocycles. The molecule has 1 rings (SSSR count). The zero-order valence-electron chi connectivity index (χ0n) is 12.0. The molecule has 0 saturated carbocycles. The number of nitrogens with one attached hydrogen (secondary N) is 2. The lowest BCUT2D eigenvalue weighted by atomic mass is 10.1. The summed E-state index contributed by atoms with van der Waals surface area (Å²) in [6.45, 7) is 2.23. The standard InChI is InChI=1S/C16H26N2O/c1-2-3-4-5-6-7-11-14-16(19)18-17-15-12-9-8-10-13-15/h8-10,12-13,17H,2-7,11,14H2,1H3,(H,18,19). The summed E-state index contributed by atoms with van der Waals surface area (Å²) in [5.41, 5.74) is 6.55. The molecule has 2 N–H and O–H groups in total. The van der Waals surface area contributed by atoms with Gasteiger partial charge < -0.3 is 0 Å². The van der Waals surface area contributed by atoms with E-state index in [0.29, 0.717) is 6.42 Å². The number of para-hydroxylation sites is 1. The minimum atomic E-state index is 0.0670. The van der Waals surface area contributed by atoms with E-state index in [2.05, 4.69) is 17.8 Å². The van der Waals surface area contributed by atoms with E-state index in [4.69, 9.17) is 0 Å². The molecule has 0 radical (unpaired) electrons. The van der Waals surface area contributed by atoms with Gasteiger partial charge in [-0.3, -0.25) is 15.6 Å². The molecule has 0 spiro atoms. The second-order valence-corrected chi connectivity index (χ2v) is 4.91. The summed E-state index contributed by atoms with van der Waals surface area (Å²) in [4.78, 5) is 11.6. The molecule has 1 aromatic carbocycles. The fraction of sp³-hybridized carbons (Fsp3) is 0.562. The number of anilines is 1. The Bertz CT molecular complexity index is 338. The van der Waals surface area contributed by atoms with Crippen LogP contribution in [0, 0.1) is 0 Å². The minimum absolute atomic E-state index is 0.0670. The van der Waals surface area contributed by atoms with Crippen LogP contribution in [-0.2, 0) is 4.79 Å². The molecule has 0 atom stereocenters. The zero-order chi connectivity index (χ0) is 13.8. The summed E-state index contributed by atoms with van der Waals surface area (Å²) >= 11 is 0. The van der Waals surface area contributed by atoms with Crippen molar-refractivity contribution in [3.05, 3.63) is 30.3 Å². The number of carbonyl (C=O) groups is 1. The topological polar surface area (TPSA) is 41.1 Å². The zero-order valence-corrected chi connectivity index (χ0v) is 12.0. The second kappa shape index (κ2) is 10.4. The summed E-state index contributed by atoms with van der Waals surface area (Å²) in [6, 6.07) is 9.67. The van der Waals surface area contributed by atoms with Crippen LogP contribution in [0.15, 0.2) is 30.3 Å². The highest BCUT2D eigenvalue weighted by Gasteiger charge is 2.00. The molecule has 0 aliphatic carbocycles. The maximum Gasteiger partial charge on any atom is 0.238 e. The van der Waals surface area contributed by atoms with E-state index in [9.17, 15) is 4.79 Å². The highest BCUT2D eigenvalue weighted by atomic mass is 16.2. The van der Waals surface area contributed by atoms with Crippen LogP contribution in [0.1, 0.15) is 58.3 Å². The number of hydrazine groups is 1. The van der Waals surface area contributed by atoms with Crippen molar-refractivity contribution in [3.63, 3.8) is 0 Å². The van der Waals surface area contributed by atoms with Crippen molar-refractivity contribution in [2.75, 3.05) is 5.43 Å². The average molecular weight is 262 g/mol. The van der Waals surface area contributed by atoms with E-state index in [0.717, 1.165) is 18.5 Å². The average Bonchev–Trinajstić information content (AvgIpc) is 2.45. The lowest BCUT2D eigenvalue weighted by molar-refractivity contribution is -0.120. The number of rotatable bonds is 10. The van der Waals surface area contributed by atoms with Crippen molar-refractivity contribution in [1.82, 2.24) is 5.43 Å². The Labute approximate surface area is 116 Å². The normalized spacial score (nSPS) is 10.2. The number of unbranched alkanes of at least 4 members (excludes halogenated alkanes) is 6. The molecule has 0 saturated heterocycles. The maximum absolute atomic E-state index is 11.6. The Morgan fingerprint density at radius 2 is 1.58 bits per heavy atom. The summed E-state index contributed by atoms with van der Waals surface area (Å²) in [5.74, 6) is 0.0670. The Morgan fingerprint density at radius 1 is 0.947 bits per heavy atom. The van der Waals surface area contributed by atoms with Crippen LogP contribution in [-0.4, -0.2) is 5.91 Å². The van der Waals surface area contributed by atoms with Gasteiger partial charge in [0.25, 0.3) is 0 Å². The largest absolute Gasteiger partial charge is 0.299 e. The summed E-state index contributed by atoms with van der Waals surface area (Å²) in [7, 11) is 0. The molecular weight excluding hydrogens is 236 g/mol. The van der Waals surface area contributed by atoms with Gasteiger partial charge in [-0.25, -0.2) is 0 Å². The highest BCUT2D eigenvalue weighted by Crippen LogP contribution is 2.08. The Kier molecular flexibility index (Phi) is 8.52. The van der Waals surface area contributed by atoms with Gasteiger partial charge in [0.2, 0.25) is 5.91 Å². The first-order valence-electron chi connectivity index (χ1n) is 7.43. The lowest BCUT2D eigenvalue weighted by Gasteiger charge is -2.08. The molecule has 0 unspecified atom stereocenters. The maximum atomic E-state index is 11.6. The van der Waals surface area contributed by atoms with Gasteiger partial charge in [0.1, 0.15) is 0 Å². The van der Waals surface area contributed by atoms with Crippen molar-refractivity contribution in [2.24, 2.45) is 0 Å². The Hall–Kier alpha value is -1.51. The smallest absolute Gasteiger partial charge is 0.238 e. The molecule has 0 bridgehead atoms. The van der Waals surface area contributed by atoms with Crippen LogP contribution in [0.5, 0.6) is 0 Å². The monoisotopic (exact) mass is 262 g/mol. The van der Waals surface area contributed by atoms with Crippen molar-refractivity contribution < 1.29 is 4.79 Å². The van der Waals surface area contributed by atoms with Crippen LogP contribution >= 0.6 is 0 Å². The highest BCUT2D eigenvalue weighted by molar-refractivity contribution is 5.77. The summed E-state index contributed by atoms with van der Waals surface area (Å²) < 4.78 is 0. The molecule has 0 heterocycles. The first-order chi connectivity index (χ1) is 9.33. The molecule has 106 valence electrons. The quantitative estimate of drug-likeness (QED) is 0.488. The molecule has 19 heavy (non-hydrogen) atoms. The molecular formula is C16H26N2O. The van der Waals surface area contributed by atoms with Crippen LogP contribution in [0.3, 0.4) is 0 Å². The molecule has 0 aliphatic rings. The van der Waals surface area contributed by atoms with Gasteiger partial charge >= 0.3 is 0 Å². The lowest BCUT2D eigenvalue weighted by Crippen LogP contribution is -2.28. The van der Waals surface area contributed by atoms with Crippen molar-refractivity contribution in [1.29, 1.82) is 0 Å². The van der Waals surface area contributed by atoms with Crippen molar-refractivity contribution in [2.45, 2.75) is 58.3 Å². The van der Waals surface area contributed by atoms with Gasteiger partial charge in [0, 0.05) is 6.42 Å². The van der Waals surface area contributed by atoms with Crippen molar-refractivity contribution >= 4 is 11.6 Å². The molecule has 0 aromatic heterocycles. The van der Waals surface area contributed by atoms with Crippen LogP contribution < -0.4 is 10.9 Å². The molecule has 1 aromatic rings. The van der Waals surface area contributed by atoms with Crippen LogP contribution in [0.25, 0.3) is 0 Å². The number of carbonyl (C=O) groups excluding carboxylic acids is 1. The number of hydrogen-bond donors (Lipinski definition) is 2. The van der Waals surface area contributed by atoms with E-state index in [1.54, 1.807) is 0 Å². The third-order valence-electron chi connectivity index (χ3n) is 3.13. The fourth-order valence-corrected chi connectivity index (χ4v) is 1.97. The van der Waals surface area contributed by atoms with E-state index in [-0.39, 0.29) is 5.91 Å². The minimum Gasteiger partial charge on any atom is -0.299 e. The fourth-order valence-electron chi connectivity index (χ4n) is 1.97. The summed E-state index contributed by atoms with van der Waals surface area (Å²) in [6.07, 6.45) is 9.24. The van der Waals surface area contributed by atoms with E-state index < -0.39 is 0 Å². The van der Waals surface area contributed by atoms with Crippen molar-refractivity contribution in [3.8, 4) is 0 Å². The van der Waals surface area contributed by atoms with Gasteiger partial charge in [-0.1, -0.05) is 63.6 Å². The molecule has 3 heteroatoms. The second-order valence-electron chi connectivity index (χ2n) is 4.91. The Morgan fingerprint density at radius 3 is 2.26 bits per heavy atom. The number of benzene rings is 1. The SMILES string of the molecule is CCCCCCCCCC(=O)NNc1ccccc1. The van der Waals surface area contributed by atoms with Gasteiger partial charge in [0.15, 0.2) is 0 Å². The predicted octanol–water partition coefficient (Wildman–Crippen LogP) is 4.27. The predicted molar refractivity (Wildman–Crippen MR) is 80.8 cm³/mol. The van der Waals surface area contributed by atoms with Gasteiger partial charge in [-0.2, -0.15) is 0 Å². The first kappa shape index (κ1) is 15.5. The number of hydrogen-bond acceptors (Lipinski definition) is 2. The molecule has 0 fully saturated rings. The Balaban J connectivity index is 1.96. The van der Waals surface area contributed by atoms with E-state index in [1.807, 2.05) is 30.3 Å². The van der Waals surface area contributed by atoms with Gasteiger partial charge in [0.05, 0.1) is 5.69 Å². The van der Waals surface area contributed by atoms with E-state index in [1.165, 1.54) is 32.1 Å². The first-order valence-corrected chi connectivity index (χ1v) is 7.43. The van der Waals surface area contributed by atoms with Gasteiger partial charge in [-0.05, 0) is 18.6 Å². The summed E-state index contributed by atoms with van der Waals surface area (Å²) in [5, 5.41) is 0. The van der Waals surface area contributed by atoms with Crippen LogP contribution in [0.2, 0.25) is 0 Å². The molecule has 1 amide bonds. The third kappa shape index (κ3) is 8.25. The van der Waals surface area contributed by atoms with Gasteiger partial charge in [-0.15, -0.1) is 0 Å². The number of amides is 1. The van der Waals surface area contributed by atoms with Crippen LogP contribution in [0.4, 0.5) is 5.69 Å². The third-order valence-corrected chi connectivity index (χ3v) is 3.13.